The highest BCUT2D eigenvalue weighted by Gasteiger charge is 2.45. The van der Waals surface area contributed by atoms with Crippen molar-refractivity contribution in [2.45, 2.75) is 32.1 Å². The van der Waals surface area contributed by atoms with Crippen molar-refractivity contribution in [3.05, 3.63) is 87.2 Å². The molecule has 7 heteroatoms. The molecule has 2 aliphatic rings. The Hall–Kier alpha value is -3.38. The number of anilines is 1. The number of allylic oxidation sites excluding steroid dienone is 2. The summed E-state index contributed by atoms with van der Waals surface area (Å²) in [5.74, 6) is -2.20. The molecule has 1 atom stereocenters. The highest BCUT2D eigenvalue weighted by molar-refractivity contribution is 6.30. The Morgan fingerprint density at radius 1 is 0.939 bits per heavy atom. The summed E-state index contributed by atoms with van der Waals surface area (Å²) >= 11 is 6.10. The number of nitrogens with zero attached hydrogens (tertiary/aromatic N) is 1. The third-order valence-corrected chi connectivity index (χ3v) is 6.29. The van der Waals surface area contributed by atoms with Gasteiger partial charge >= 0.3 is 11.9 Å². The van der Waals surface area contributed by atoms with Crippen LogP contribution in [-0.2, 0) is 23.9 Å². The lowest BCUT2D eigenvalue weighted by atomic mass is 9.74. The summed E-state index contributed by atoms with van der Waals surface area (Å²) in [5.41, 5.74) is 3.70. The molecular formula is C26H24ClNO5. The SMILES string of the molecule is COC(=O)C1=C(C(=O)OC)N(c2ccc(C)cc2)C2=C(C(=O)CCC2)C1c1ccc(Cl)cc1. The standard InChI is InChI=1S/C26H24ClNO5/c1-15-7-13-18(14-8-15)28-19-5-4-6-20(29)22(19)21(16-9-11-17(27)12-10-16)23(25(30)32-2)24(28)26(31)33-3/h7-14,21H,4-6H2,1-3H3. The number of hydrogen-bond acceptors (Lipinski definition) is 6. The number of hydrogen-bond donors (Lipinski definition) is 0. The van der Waals surface area contributed by atoms with Crippen molar-refractivity contribution >= 4 is 35.0 Å². The second kappa shape index (κ2) is 9.24. The molecule has 2 aromatic rings. The van der Waals surface area contributed by atoms with Crippen molar-refractivity contribution in [1.29, 1.82) is 0 Å². The van der Waals surface area contributed by atoms with Gasteiger partial charge in [0.15, 0.2) is 5.78 Å². The van der Waals surface area contributed by atoms with Crippen LogP contribution in [0.1, 0.15) is 36.3 Å². The van der Waals surface area contributed by atoms with Gasteiger partial charge in [0.25, 0.3) is 0 Å². The lowest BCUT2D eigenvalue weighted by Crippen LogP contribution is -2.41. The van der Waals surface area contributed by atoms with Crippen LogP contribution < -0.4 is 4.90 Å². The van der Waals surface area contributed by atoms with Gasteiger partial charge in [-0.3, -0.25) is 4.79 Å². The maximum absolute atomic E-state index is 13.3. The number of rotatable bonds is 4. The van der Waals surface area contributed by atoms with Gasteiger partial charge in [0.2, 0.25) is 0 Å². The number of ketones is 1. The fraction of sp³-hybridized carbons (Fsp3) is 0.269. The van der Waals surface area contributed by atoms with Gasteiger partial charge in [-0.25, -0.2) is 9.59 Å². The third kappa shape index (κ3) is 4.07. The summed E-state index contributed by atoms with van der Waals surface area (Å²) in [4.78, 5) is 41.4. The van der Waals surface area contributed by atoms with Crippen molar-refractivity contribution in [3.63, 3.8) is 0 Å². The van der Waals surface area contributed by atoms with E-state index in [2.05, 4.69) is 0 Å². The lowest BCUT2D eigenvalue weighted by molar-refractivity contribution is -0.139. The number of ether oxygens (including phenoxy) is 2. The van der Waals surface area contributed by atoms with E-state index in [1.807, 2.05) is 31.2 Å². The number of carbonyl (C=O) groups excluding carboxylic acids is 3. The van der Waals surface area contributed by atoms with Crippen molar-refractivity contribution < 1.29 is 23.9 Å². The zero-order valence-electron chi connectivity index (χ0n) is 18.7. The first-order valence-electron chi connectivity index (χ1n) is 10.7. The molecule has 0 saturated heterocycles. The van der Waals surface area contributed by atoms with Crippen LogP contribution in [0.15, 0.2) is 71.1 Å². The van der Waals surface area contributed by atoms with E-state index in [0.29, 0.717) is 46.8 Å². The average molecular weight is 466 g/mol. The van der Waals surface area contributed by atoms with E-state index in [1.165, 1.54) is 14.2 Å². The van der Waals surface area contributed by atoms with Gasteiger partial charge < -0.3 is 14.4 Å². The third-order valence-electron chi connectivity index (χ3n) is 6.03. The number of carbonyl (C=O) groups is 3. The summed E-state index contributed by atoms with van der Waals surface area (Å²) in [5, 5.41) is 0.525. The monoisotopic (exact) mass is 465 g/mol. The summed E-state index contributed by atoms with van der Waals surface area (Å²) in [6.45, 7) is 1.96. The molecule has 0 N–H and O–H groups in total. The molecule has 0 bridgehead atoms. The van der Waals surface area contributed by atoms with Crippen LogP contribution in [0.4, 0.5) is 5.69 Å². The number of aryl methyl sites for hydroxylation is 1. The molecule has 0 spiro atoms. The number of benzene rings is 2. The quantitative estimate of drug-likeness (QED) is 0.600. The average Bonchev–Trinajstić information content (AvgIpc) is 2.83. The van der Waals surface area contributed by atoms with Crippen molar-refractivity contribution in [2.24, 2.45) is 0 Å². The van der Waals surface area contributed by atoms with Gasteiger partial charge in [-0.05, 0) is 49.6 Å². The van der Waals surface area contributed by atoms with E-state index in [9.17, 15) is 14.4 Å². The minimum absolute atomic E-state index is 0.0568. The Kier molecular flexibility index (Phi) is 6.38. The molecule has 0 fully saturated rings. The molecule has 4 rings (SSSR count). The maximum atomic E-state index is 13.3. The highest BCUT2D eigenvalue weighted by atomic mass is 35.5. The van der Waals surface area contributed by atoms with Crippen molar-refractivity contribution in [2.75, 3.05) is 19.1 Å². The van der Waals surface area contributed by atoms with E-state index in [4.69, 9.17) is 21.1 Å². The first-order valence-corrected chi connectivity index (χ1v) is 11.0. The molecule has 0 radical (unpaired) electrons. The smallest absolute Gasteiger partial charge is 0.355 e. The van der Waals surface area contributed by atoms with E-state index in [1.54, 1.807) is 29.2 Å². The molecule has 6 nitrogen and oxygen atoms in total. The van der Waals surface area contributed by atoms with Gasteiger partial charge in [0, 0.05) is 34.3 Å². The van der Waals surface area contributed by atoms with Crippen molar-refractivity contribution in [3.8, 4) is 0 Å². The Bertz CT molecular complexity index is 1180. The van der Waals surface area contributed by atoms with Gasteiger partial charge in [0.1, 0.15) is 5.70 Å². The van der Waals surface area contributed by atoms with Crippen LogP contribution in [0.2, 0.25) is 5.02 Å². The molecule has 1 heterocycles. The number of Topliss-reactive ketones (excluding diaryl/α,β-unsaturated/α-hetero) is 1. The maximum Gasteiger partial charge on any atom is 0.355 e. The molecule has 170 valence electrons. The van der Waals surface area contributed by atoms with E-state index >= 15 is 0 Å². The summed E-state index contributed by atoms with van der Waals surface area (Å²) in [7, 11) is 2.52. The number of halogens is 1. The van der Waals surface area contributed by atoms with Gasteiger partial charge in [0.05, 0.1) is 19.8 Å². The summed E-state index contributed by atoms with van der Waals surface area (Å²) in [6, 6.07) is 14.5. The van der Waals surface area contributed by atoms with Crippen LogP contribution in [0.25, 0.3) is 0 Å². The number of methoxy groups -OCH3 is 2. The van der Waals surface area contributed by atoms with Crippen LogP contribution >= 0.6 is 11.6 Å². The van der Waals surface area contributed by atoms with Gasteiger partial charge in [-0.1, -0.05) is 41.4 Å². The van der Waals surface area contributed by atoms with Gasteiger partial charge in [-0.15, -0.1) is 0 Å². The Balaban J connectivity index is 2.08. The largest absolute Gasteiger partial charge is 0.466 e. The predicted molar refractivity (Wildman–Crippen MR) is 125 cm³/mol. The Morgan fingerprint density at radius 3 is 2.18 bits per heavy atom. The molecule has 1 unspecified atom stereocenters. The second-order valence-electron chi connectivity index (χ2n) is 8.04. The Morgan fingerprint density at radius 2 is 1.58 bits per heavy atom. The number of esters is 2. The van der Waals surface area contributed by atoms with Crippen LogP contribution in [-0.4, -0.2) is 31.9 Å². The first-order chi connectivity index (χ1) is 15.9. The summed E-state index contributed by atoms with van der Waals surface area (Å²) in [6.07, 6.45) is 1.59. The summed E-state index contributed by atoms with van der Waals surface area (Å²) < 4.78 is 10.2. The minimum Gasteiger partial charge on any atom is -0.466 e. The molecule has 33 heavy (non-hydrogen) atoms. The van der Waals surface area contributed by atoms with Gasteiger partial charge in [-0.2, -0.15) is 0 Å². The van der Waals surface area contributed by atoms with E-state index in [-0.39, 0.29) is 17.1 Å². The molecular weight excluding hydrogens is 442 g/mol. The fourth-order valence-electron chi connectivity index (χ4n) is 4.53. The Labute approximate surface area is 197 Å². The van der Waals surface area contributed by atoms with Crippen molar-refractivity contribution in [1.82, 2.24) is 0 Å². The normalized spacial score (nSPS) is 18.2. The molecule has 1 aliphatic heterocycles. The second-order valence-corrected chi connectivity index (χ2v) is 8.47. The highest BCUT2D eigenvalue weighted by Crippen LogP contribution is 2.48. The molecule has 0 aromatic heterocycles. The van der Waals surface area contributed by atoms with Crippen LogP contribution in [0.5, 0.6) is 0 Å². The van der Waals surface area contributed by atoms with Crippen LogP contribution in [0, 0.1) is 6.92 Å². The fourth-order valence-corrected chi connectivity index (χ4v) is 4.66. The van der Waals surface area contributed by atoms with E-state index in [0.717, 1.165) is 5.56 Å². The van der Waals surface area contributed by atoms with Crippen LogP contribution in [0.3, 0.4) is 0 Å². The van der Waals surface area contributed by atoms with E-state index < -0.39 is 17.9 Å². The molecule has 1 aliphatic carbocycles. The molecule has 0 amide bonds. The lowest BCUT2D eigenvalue weighted by Gasteiger charge is -2.40. The zero-order chi connectivity index (χ0) is 23.7. The molecule has 0 saturated carbocycles. The predicted octanol–water partition coefficient (Wildman–Crippen LogP) is 4.86. The minimum atomic E-state index is -0.770. The molecule has 2 aromatic carbocycles. The topological polar surface area (TPSA) is 72.9 Å². The first kappa shape index (κ1) is 22.8. The zero-order valence-corrected chi connectivity index (χ0v) is 19.4.